The van der Waals surface area contributed by atoms with E-state index in [1.807, 2.05) is 13.8 Å². The van der Waals surface area contributed by atoms with Crippen LogP contribution in [-0.4, -0.2) is 16.8 Å². The summed E-state index contributed by atoms with van der Waals surface area (Å²) in [6.45, 7) is 3.91. The minimum Gasteiger partial charge on any atom is -0.350 e. The molecular formula is C12H14BrCl2NO. The zero-order chi connectivity index (χ0) is 13.1. The molecule has 17 heavy (non-hydrogen) atoms. The van der Waals surface area contributed by atoms with Crippen molar-refractivity contribution in [3.05, 3.63) is 33.8 Å². The number of carbonyl (C=O) groups is 1. The predicted molar refractivity (Wildman–Crippen MR) is 76.2 cm³/mol. The van der Waals surface area contributed by atoms with Gasteiger partial charge in [0, 0.05) is 10.9 Å². The van der Waals surface area contributed by atoms with E-state index in [0.717, 1.165) is 5.56 Å². The molecule has 0 saturated heterocycles. The Hall–Kier alpha value is -0.250. The average Bonchev–Trinajstić information content (AvgIpc) is 2.23. The van der Waals surface area contributed by atoms with Gasteiger partial charge in [-0.05, 0) is 31.5 Å². The molecule has 0 saturated carbocycles. The third kappa shape index (κ3) is 4.86. The van der Waals surface area contributed by atoms with E-state index in [1.165, 1.54) is 0 Å². The summed E-state index contributed by atoms with van der Waals surface area (Å²) in [6.07, 6.45) is 0.299. The van der Waals surface area contributed by atoms with E-state index in [9.17, 15) is 4.79 Å². The van der Waals surface area contributed by atoms with Crippen LogP contribution in [0.4, 0.5) is 0 Å². The highest BCUT2D eigenvalue weighted by atomic mass is 79.9. The van der Waals surface area contributed by atoms with Gasteiger partial charge in [-0.25, -0.2) is 0 Å². The summed E-state index contributed by atoms with van der Waals surface area (Å²) in [5, 5.41) is 4.59. The summed E-state index contributed by atoms with van der Waals surface area (Å²) >= 11 is 15.0. The molecule has 1 rings (SSSR count). The van der Waals surface area contributed by atoms with Gasteiger partial charge in [0.15, 0.2) is 0 Å². The van der Waals surface area contributed by atoms with Crippen molar-refractivity contribution in [1.29, 1.82) is 0 Å². The Balaban J connectivity index is 2.65. The molecule has 0 aliphatic carbocycles. The van der Waals surface area contributed by atoms with Gasteiger partial charge in [0.1, 0.15) is 0 Å². The molecule has 1 aromatic rings. The van der Waals surface area contributed by atoms with Crippen molar-refractivity contribution in [2.75, 3.05) is 5.33 Å². The SMILES string of the molecule is CC(C)(CBr)NC(=O)Cc1ccc(Cl)c(Cl)c1. The molecule has 1 amide bonds. The maximum atomic E-state index is 11.8. The fraction of sp³-hybridized carbons (Fsp3) is 0.417. The molecule has 0 aromatic heterocycles. The molecule has 1 aromatic carbocycles. The monoisotopic (exact) mass is 337 g/mol. The lowest BCUT2D eigenvalue weighted by atomic mass is 10.1. The van der Waals surface area contributed by atoms with Gasteiger partial charge in [-0.1, -0.05) is 45.2 Å². The molecule has 0 bridgehead atoms. The Bertz CT molecular complexity index is 421. The third-order valence-electron chi connectivity index (χ3n) is 2.16. The first-order valence-corrected chi connectivity index (χ1v) is 7.03. The summed E-state index contributed by atoms with van der Waals surface area (Å²) in [5.41, 5.74) is 0.593. The molecule has 1 N–H and O–H groups in total. The lowest BCUT2D eigenvalue weighted by molar-refractivity contribution is -0.121. The largest absolute Gasteiger partial charge is 0.350 e. The smallest absolute Gasteiger partial charge is 0.224 e. The zero-order valence-electron chi connectivity index (χ0n) is 9.69. The van der Waals surface area contributed by atoms with Crippen molar-refractivity contribution in [3.8, 4) is 0 Å². The maximum absolute atomic E-state index is 11.8. The molecule has 0 unspecified atom stereocenters. The average molecular weight is 339 g/mol. The topological polar surface area (TPSA) is 29.1 Å². The van der Waals surface area contributed by atoms with E-state index in [2.05, 4.69) is 21.2 Å². The number of hydrogen-bond acceptors (Lipinski definition) is 1. The Labute approximate surface area is 120 Å². The van der Waals surface area contributed by atoms with Crippen molar-refractivity contribution in [3.63, 3.8) is 0 Å². The number of halogens is 3. The summed E-state index contributed by atoms with van der Waals surface area (Å²) in [5.74, 6) is -0.0344. The zero-order valence-corrected chi connectivity index (χ0v) is 12.8. The van der Waals surface area contributed by atoms with Gasteiger partial charge in [-0.3, -0.25) is 4.79 Å². The molecule has 0 spiro atoms. The second kappa shape index (κ2) is 6.07. The number of benzene rings is 1. The van der Waals surface area contributed by atoms with E-state index < -0.39 is 0 Å². The highest BCUT2D eigenvalue weighted by molar-refractivity contribution is 9.09. The van der Waals surface area contributed by atoms with Crippen LogP contribution in [0.1, 0.15) is 19.4 Å². The first kappa shape index (κ1) is 14.8. The van der Waals surface area contributed by atoms with E-state index in [-0.39, 0.29) is 11.4 Å². The first-order valence-electron chi connectivity index (χ1n) is 5.15. The minimum atomic E-state index is -0.257. The number of rotatable bonds is 4. The van der Waals surface area contributed by atoms with Gasteiger partial charge in [0.25, 0.3) is 0 Å². The number of alkyl halides is 1. The van der Waals surface area contributed by atoms with Gasteiger partial charge in [-0.2, -0.15) is 0 Å². The summed E-state index contributed by atoms with van der Waals surface area (Å²) in [4.78, 5) is 11.8. The molecule has 0 heterocycles. The number of hydrogen-bond donors (Lipinski definition) is 1. The van der Waals surface area contributed by atoms with Crippen LogP contribution in [0.5, 0.6) is 0 Å². The lowest BCUT2D eigenvalue weighted by Crippen LogP contribution is -2.45. The molecule has 0 aliphatic rings. The molecule has 0 aliphatic heterocycles. The van der Waals surface area contributed by atoms with Crippen molar-refractivity contribution >= 4 is 45.0 Å². The lowest BCUT2D eigenvalue weighted by Gasteiger charge is -2.23. The van der Waals surface area contributed by atoms with E-state index in [0.29, 0.717) is 21.8 Å². The Morgan fingerprint density at radius 3 is 2.53 bits per heavy atom. The van der Waals surface area contributed by atoms with Gasteiger partial charge < -0.3 is 5.32 Å². The summed E-state index contributed by atoms with van der Waals surface area (Å²) in [6, 6.07) is 5.21. The Morgan fingerprint density at radius 1 is 1.35 bits per heavy atom. The summed E-state index contributed by atoms with van der Waals surface area (Å²) in [7, 11) is 0. The highest BCUT2D eigenvalue weighted by Gasteiger charge is 2.18. The first-order chi connectivity index (χ1) is 7.84. The number of amides is 1. The van der Waals surface area contributed by atoms with Crippen molar-refractivity contribution in [1.82, 2.24) is 5.32 Å². The molecule has 0 atom stereocenters. The van der Waals surface area contributed by atoms with Gasteiger partial charge >= 0.3 is 0 Å². The molecule has 2 nitrogen and oxygen atoms in total. The van der Waals surface area contributed by atoms with E-state index in [1.54, 1.807) is 18.2 Å². The quantitative estimate of drug-likeness (QED) is 0.830. The van der Waals surface area contributed by atoms with Crippen molar-refractivity contribution in [2.45, 2.75) is 25.8 Å². The van der Waals surface area contributed by atoms with Crippen LogP contribution in [0, 0.1) is 0 Å². The normalized spacial score (nSPS) is 11.4. The third-order valence-corrected chi connectivity index (χ3v) is 4.30. The number of nitrogens with one attached hydrogen (secondary N) is 1. The van der Waals surface area contributed by atoms with Gasteiger partial charge in [-0.15, -0.1) is 0 Å². The fourth-order valence-corrected chi connectivity index (χ4v) is 1.75. The molecule has 0 radical (unpaired) electrons. The van der Waals surface area contributed by atoms with E-state index >= 15 is 0 Å². The van der Waals surface area contributed by atoms with Crippen LogP contribution in [0.2, 0.25) is 10.0 Å². The standard InChI is InChI=1S/C12H14BrCl2NO/c1-12(2,7-13)16-11(17)6-8-3-4-9(14)10(15)5-8/h3-5H,6-7H2,1-2H3,(H,16,17). The van der Waals surface area contributed by atoms with Crippen LogP contribution in [0.3, 0.4) is 0 Å². The van der Waals surface area contributed by atoms with E-state index in [4.69, 9.17) is 23.2 Å². The molecular weight excluding hydrogens is 325 g/mol. The predicted octanol–water partition coefficient (Wildman–Crippen LogP) is 3.83. The molecule has 0 fully saturated rings. The second-order valence-electron chi connectivity index (χ2n) is 4.49. The van der Waals surface area contributed by atoms with Crippen LogP contribution < -0.4 is 5.32 Å². The maximum Gasteiger partial charge on any atom is 0.224 e. The van der Waals surface area contributed by atoms with Crippen molar-refractivity contribution in [2.24, 2.45) is 0 Å². The Kier molecular flexibility index (Phi) is 5.29. The second-order valence-corrected chi connectivity index (χ2v) is 5.87. The van der Waals surface area contributed by atoms with Gasteiger partial charge in [0.2, 0.25) is 5.91 Å². The van der Waals surface area contributed by atoms with Gasteiger partial charge in [0.05, 0.1) is 16.5 Å². The Morgan fingerprint density at radius 2 is 2.00 bits per heavy atom. The summed E-state index contributed by atoms with van der Waals surface area (Å²) < 4.78 is 0. The molecule has 94 valence electrons. The molecule has 5 heteroatoms. The van der Waals surface area contributed by atoms with Crippen LogP contribution in [0.15, 0.2) is 18.2 Å². The fourth-order valence-electron chi connectivity index (χ4n) is 1.29. The minimum absolute atomic E-state index is 0.0344. The number of carbonyl (C=O) groups excluding carboxylic acids is 1. The van der Waals surface area contributed by atoms with Crippen LogP contribution in [0.25, 0.3) is 0 Å². The highest BCUT2D eigenvalue weighted by Crippen LogP contribution is 2.22. The van der Waals surface area contributed by atoms with Crippen molar-refractivity contribution < 1.29 is 4.79 Å². The van der Waals surface area contributed by atoms with Crippen LogP contribution in [-0.2, 0) is 11.2 Å². The van der Waals surface area contributed by atoms with Crippen LogP contribution >= 0.6 is 39.1 Å².